The lowest BCUT2D eigenvalue weighted by atomic mass is 10.0. The van der Waals surface area contributed by atoms with Gasteiger partial charge in [0.2, 0.25) is 10.0 Å². The van der Waals surface area contributed by atoms with Crippen LogP contribution < -0.4 is 0 Å². The van der Waals surface area contributed by atoms with Gasteiger partial charge in [-0.05, 0) is 55.7 Å². The minimum absolute atomic E-state index is 0.114. The molecule has 0 bridgehead atoms. The Bertz CT molecular complexity index is 1110. The summed E-state index contributed by atoms with van der Waals surface area (Å²) in [7, 11) is -3.69. The Morgan fingerprint density at radius 2 is 1.75 bits per heavy atom. The minimum atomic E-state index is -3.69. The third-order valence-corrected chi connectivity index (χ3v) is 7.20. The van der Waals surface area contributed by atoms with E-state index >= 15 is 0 Å². The van der Waals surface area contributed by atoms with Gasteiger partial charge in [-0.2, -0.15) is 4.31 Å². The number of hydrogen-bond acceptors (Lipinski definition) is 5. The average Bonchev–Trinajstić information content (AvgIpc) is 2.80. The molecule has 1 aliphatic heterocycles. The first-order valence-electron chi connectivity index (χ1n) is 10.5. The van der Waals surface area contributed by atoms with E-state index in [1.807, 2.05) is 38.1 Å². The fourth-order valence-corrected chi connectivity index (χ4v) is 5.01. The van der Waals surface area contributed by atoms with E-state index < -0.39 is 16.0 Å². The molecular weight excluding hydrogens is 428 g/mol. The fraction of sp³-hybridized carbons (Fsp3) is 0.333. The third kappa shape index (κ3) is 5.44. The molecule has 0 N–H and O–H groups in total. The number of amides is 1. The van der Waals surface area contributed by atoms with Gasteiger partial charge in [0.25, 0.3) is 5.91 Å². The van der Waals surface area contributed by atoms with Gasteiger partial charge in [0.15, 0.2) is 6.61 Å². The first kappa shape index (κ1) is 23.7. The zero-order valence-electron chi connectivity index (χ0n) is 18.4. The summed E-state index contributed by atoms with van der Waals surface area (Å²) in [5, 5.41) is 0. The molecule has 0 fully saturated rings. The van der Waals surface area contributed by atoms with Crippen molar-refractivity contribution >= 4 is 21.9 Å². The first-order valence-corrected chi connectivity index (χ1v) is 11.9. The second-order valence-electron chi connectivity index (χ2n) is 7.82. The van der Waals surface area contributed by atoms with Crippen LogP contribution in [0.1, 0.15) is 35.3 Å². The van der Waals surface area contributed by atoms with Crippen molar-refractivity contribution in [2.45, 2.75) is 31.7 Å². The minimum Gasteiger partial charge on any atom is -0.452 e. The number of benzene rings is 2. The molecule has 1 amide bonds. The van der Waals surface area contributed by atoms with Crippen molar-refractivity contribution < 1.29 is 22.7 Å². The molecule has 0 aliphatic carbocycles. The van der Waals surface area contributed by atoms with Gasteiger partial charge in [-0.25, -0.2) is 13.2 Å². The predicted molar refractivity (Wildman–Crippen MR) is 122 cm³/mol. The Hall–Kier alpha value is -2.97. The van der Waals surface area contributed by atoms with Crippen molar-refractivity contribution in [3.63, 3.8) is 0 Å². The molecule has 170 valence electrons. The zero-order chi connectivity index (χ0) is 23.3. The standard InChI is InChI=1S/C24H28N2O5S/c1-4-25(15-18(2)3)23(27)17-31-24(28)20-9-11-22(12-10-20)32(29,30)26-14-13-19-7-5-6-8-21(19)16-26/h5-12H,2,4,13-17H2,1,3H3. The zero-order valence-corrected chi connectivity index (χ0v) is 19.2. The Morgan fingerprint density at radius 3 is 2.38 bits per heavy atom. The molecule has 2 aromatic rings. The monoisotopic (exact) mass is 456 g/mol. The highest BCUT2D eigenvalue weighted by Gasteiger charge is 2.28. The third-order valence-electron chi connectivity index (χ3n) is 5.35. The maximum Gasteiger partial charge on any atom is 0.338 e. The molecule has 0 saturated heterocycles. The predicted octanol–water partition coefficient (Wildman–Crippen LogP) is 3.02. The van der Waals surface area contributed by atoms with Gasteiger partial charge in [0, 0.05) is 26.2 Å². The summed E-state index contributed by atoms with van der Waals surface area (Å²) in [6, 6.07) is 13.4. The van der Waals surface area contributed by atoms with Gasteiger partial charge in [0.1, 0.15) is 0 Å². The lowest BCUT2D eigenvalue weighted by Crippen LogP contribution is -2.36. The molecule has 0 radical (unpaired) electrons. The van der Waals surface area contributed by atoms with E-state index in [1.54, 1.807) is 4.90 Å². The van der Waals surface area contributed by atoms with Crippen LogP contribution in [0.4, 0.5) is 0 Å². The number of sulfonamides is 1. The maximum atomic E-state index is 13.0. The van der Waals surface area contributed by atoms with Crippen LogP contribution in [0.2, 0.25) is 0 Å². The highest BCUT2D eigenvalue weighted by Crippen LogP contribution is 2.25. The topological polar surface area (TPSA) is 84.0 Å². The summed E-state index contributed by atoms with van der Waals surface area (Å²) < 4.78 is 32.6. The Labute approximate surface area is 189 Å². The van der Waals surface area contributed by atoms with Gasteiger partial charge < -0.3 is 9.64 Å². The van der Waals surface area contributed by atoms with Crippen molar-refractivity contribution in [1.29, 1.82) is 0 Å². The lowest BCUT2D eigenvalue weighted by molar-refractivity contribution is -0.133. The summed E-state index contributed by atoms with van der Waals surface area (Å²) in [4.78, 5) is 26.2. The van der Waals surface area contributed by atoms with Gasteiger partial charge in [0.05, 0.1) is 10.5 Å². The van der Waals surface area contributed by atoms with Gasteiger partial charge in [-0.1, -0.05) is 36.4 Å². The molecule has 7 nitrogen and oxygen atoms in total. The number of nitrogens with zero attached hydrogens (tertiary/aromatic N) is 2. The van der Waals surface area contributed by atoms with Crippen molar-refractivity contribution in [2.24, 2.45) is 0 Å². The van der Waals surface area contributed by atoms with Crippen LogP contribution >= 0.6 is 0 Å². The molecule has 3 rings (SSSR count). The first-order chi connectivity index (χ1) is 15.2. The highest BCUT2D eigenvalue weighted by molar-refractivity contribution is 7.89. The van der Waals surface area contributed by atoms with Gasteiger partial charge >= 0.3 is 5.97 Å². The number of likely N-dealkylation sites (N-methyl/N-ethyl adjacent to an activating group) is 1. The van der Waals surface area contributed by atoms with Crippen LogP contribution in [0.5, 0.6) is 0 Å². The van der Waals surface area contributed by atoms with Gasteiger partial charge in [-0.3, -0.25) is 4.79 Å². The molecule has 0 unspecified atom stereocenters. The second kappa shape index (κ2) is 10.1. The summed E-state index contributed by atoms with van der Waals surface area (Å²) in [5.74, 6) is -0.992. The number of rotatable bonds is 8. The van der Waals surface area contributed by atoms with Crippen LogP contribution in [0.3, 0.4) is 0 Å². The molecule has 0 atom stereocenters. The number of esters is 1. The molecule has 1 heterocycles. The maximum absolute atomic E-state index is 13.0. The molecule has 2 aromatic carbocycles. The van der Waals surface area contributed by atoms with E-state index in [2.05, 4.69) is 6.58 Å². The Morgan fingerprint density at radius 1 is 1.09 bits per heavy atom. The number of carbonyl (C=O) groups is 2. The van der Waals surface area contributed by atoms with Crippen LogP contribution in [-0.2, 0) is 32.5 Å². The molecule has 8 heteroatoms. The lowest BCUT2D eigenvalue weighted by Gasteiger charge is -2.28. The van der Waals surface area contributed by atoms with Crippen molar-refractivity contribution in [1.82, 2.24) is 9.21 Å². The fourth-order valence-electron chi connectivity index (χ4n) is 3.59. The van der Waals surface area contributed by atoms with E-state index in [-0.39, 0.29) is 23.0 Å². The van der Waals surface area contributed by atoms with Crippen LogP contribution in [0, 0.1) is 0 Å². The number of carbonyl (C=O) groups excluding carboxylic acids is 2. The van der Waals surface area contributed by atoms with Crippen LogP contribution in [0.15, 0.2) is 65.6 Å². The van der Waals surface area contributed by atoms with Crippen molar-refractivity contribution in [3.05, 3.63) is 77.4 Å². The Kier molecular flexibility index (Phi) is 7.48. The smallest absolute Gasteiger partial charge is 0.338 e. The largest absolute Gasteiger partial charge is 0.452 e. The van der Waals surface area contributed by atoms with Crippen LogP contribution in [0.25, 0.3) is 0 Å². The summed E-state index contributed by atoms with van der Waals surface area (Å²) in [6.07, 6.45) is 0.661. The van der Waals surface area contributed by atoms with Crippen LogP contribution in [-0.4, -0.2) is 55.7 Å². The van der Waals surface area contributed by atoms with Gasteiger partial charge in [-0.15, -0.1) is 0 Å². The van der Waals surface area contributed by atoms with E-state index in [0.29, 0.717) is 32.6 Å². The Balaban J connectivity index is 1.63. The van der Waals surface area contributed by atoms with Crippen molar-refractivity contribution in [3.8, 4) is 0 Å². The normalized spacial score (nSPS) is 13.8. The number of hydrogen-bond donors (Lipinski definition) is 0. The summed E-state index contributed by atoms with van der Waals surface area (Å²) >= 11 is 0. The van der Waals surface area contributed by atoms with E-state index in [1.165, 1.54) is 28.6 Å². The average molecular weight is 457 g/mol. The summed E-state index contributed by atoms with van der Waals surface area (Å²) in [6.45, 7) is 8.67. The van der Waals surface area contributed by atoms with E-state index in [0.717, 1.165) is 16.7 Å². The van der Waals surface area contributed by atoms with Crippen molar-refractivity contribution in [2.75, 3.05) is 26.2 Å². The van der Waals surface area contributed by atoms with E-state index in [4.69, 9.17) is 4.74 Å². The molecule has 0 saturated carbocycles. The number of ether oxygens (including phenoxy) is 1. The molecule has 32 heavy (non-hydrogen) atoms. The molecule has 0 spiro atoms. The summed E-state index contributed by atoms with van der Waals surface area (Å²) in [5.41, 5.74) is 3.18. The molecule has 0 aromatic heterocycles. The molecule has 1 aliphatic rings. The quantitative estimate of drug-likeness (QED) is 0.450. The highest BCUT2D eigenvalue weighted by atomic mass is 32.2. The molecular formula is C24H28N2O5S. The second-order valence-corrected chi connectivity index (χ2v) is 9.76. The SMILES string of the molecule is C=C(C)CN(CC)C(=O)COC(=O)c1ccc(S(=O)(=O)N2CCc3ccccc3C2)cc1. The van der Waals surface area contributed by atoms with E-state index in [9.17, 15) is 18.0 Å². The number of fused-ring (bicyclic) bond motifs is 1.